The fourth-order valence-corrected chi connectivity index (χ4v) is 2.09. The lowest BCUT2D eigenvalue weighted by Crippen LogP contribution is -2.36. The molecule has 0 aliphatic heterocycles. The Kier molecular flexibility index (Phi) is 4.16. The minimum absolute atomic E-state index is 0.0826. The van der Waals surface area contributed by atoms with Crippen LogP contribution in [-0.4, -0.2) is 23.8 Å². The standard InChI is InChI=1S/C14H17FN2O2/c1-9-12(15)3-2-4-13(9)17-14(19)16-11-6-5-10(7-11)8-18/h2-6,10-11,18H,7-8H2,1H3,(H2,16,17,19)/t10-,11+/m0/s1. The number of carbonyl (C=O) groups excluding carboxylic acids is 1. The molecule has 2 atom stereocenters. The zero-order valence-electron chi connectivity index (χ0n) is 10.7. The normalized spacial score (nSPS) is 21.4. The molecule has 0 heterocycles. The van der Waals surface area contributed by atoms with Crippen LogP contribution in [0.25, 0.3) is 0 Å². The van der Waals surface area contributed by atoms with Gasteiger partial charge in [-0.1, -0.05) is 18.2 Å². The van der Waals surface area contributed by atoms with Gasteiger partial charge in [0.25, 0.3) is 0 Å². The molecule has 19 heavy (non-hydrogen) atoms. The van der Waals surface area contributed by atoms with Crippen LogP contribution in [0, 0.1) is 18.7 Å². The third kappa shape index (κ3) is 3.32. The van der Waals surface area contributed by atoms with E-state index in [4.69, 9.17) is 5.11 Å². The molecular formula is C14H17FN2O2. The molecule has 1 aliphatic carbocycles. The van der Waals surface area contributed by atoms with Crippen LogP contribution >= 0.6 is 0 Å². The summed E-state index contributed by atoms with van der Waals surface area (Å²) in [6.45, 7) is 1.70. The van der Waals surface area contributed by atoms with Crippen molar-refractivity contribution in [1.29, 1.82) is 0 Å². The SMILES string of the molecule is Cc1c(F)cccc1NC(=O)N[C@@H]1C=C[C@H](CO)C1. The zero-order valence-corrected chi connectivity index (χ0v) is 10.7. The summed E-state index contributed by atoms with van der Waals surface area (Å²) in [5.74, 6) is -0.250. The molecule has 0 spiro atoms. The van der Waals surface area contributed by atoms with Gasteiger partial charge in [0, 0.05) is 29.8 Å². The second-order valence-corrected chi connectivity index (χ2v) is 4.68. The van der Waals surface area contributed by atoms with E-state index >= 15 is 0 Å². The third-order valence-electron chi connectivity index (χ3n) is 3.24. The largest absolute Gasteiger partial charge is 0.396 e. The number of aliphatic hydroxyl groups excluding tert-OH is 1. The van der Waals surface area contributed by atoms with Gasteiger partial charge >= 0.3 is 6.03 Å². The number of carbonyl (C=O) groups is 1. The van der Waals surface area contributed by atoms with E-state index in [-0.39, 0.29) is 30.4 Å². The predicted molar refractivity (Wildman–Crippen MR) is 71.4 cm³/mol. The lowest BCUT2D eigenvalue weighted by molar-refractivity contribution is 0.238. The van der Waals surface area contributed by atoms with Crippen molar-refractivity contribution in [1.82, 2.24) is 5.32 Å². The highest BCUT2D eigenvalue weighted by atomic mass is 19.1. The van der Waals surface area contributed by atoms with Crippen LogP contribution in [0.15, 0.2) is 30.4 Å². The molecule has 0 radical (unpaired) electrons. The summed E-state index contributed by atoms with van der Waals surface area (Å²) in [5, 5.41) is 14.4. The molecule has 0 bridgehead atoms. The molecule has 0 unspecified atom stereocenters. The fraction of sp³-hybridized carbons (Fsp3) is 0.357. The van der Waals surface area contributed by atoms with Gasteiger partial charge in [0.15, 0.2) is 0 Å². The van der Waals surface area contributed by atoms with Gasteiger partial charge in [-0.05, 0) is 25.5 Å². The van der Waals surface area contributed by atoms with Crippen molar-refractivity contribution in [2.75, 3.05) is 11.9 Å². The topological polar surface area (TPSA) is 61.4 Å². The average molecular weight is 264 g/mol. The van der Waals surface area contributed by atoms with E-state index in [0.717, 1.165) is 0 Å². The van der Waals surface area contributed by atoms with Crippen molar-refractivity contribution in [3.05, 3.63) is 41.7 Å². The van der Waals surface area contributed by atoms with Crippen LogP contribution in [0.5, 0.6) is 0 Å². The maximum atomic E-state index is 13.3. The van der Waals surface area contributed by atoms with Crippen molar-refractivity contribution in [3.8, 4) is 0 Å². The number of rotatable bonds is 3. The highest BCUT2D eigenvalue weighted by molar-refractivity contribution is 5.90. The van der Waals surface area contributed by atoms with Gasteiger partial charge in [-0.15, -0.1) is 0 Å². The number of halogens is 1. The Labute approximate surface area is 111 Å². The summed E-state index contributed by atoms with van der Waals surface area (Å²) in [6, 6.07) is 4.09. The van der Waals surface area contributed by atoms with Crippen LogP contribution in [0.3, 0.4) is 0 Å². The molecular weight excluding hydrogens is 247 g/mol. The average Bonchev–Trinajstić information content (AvgIpc) is 2.82. The number of urea groups is 1. The minimum Gasteiger partial charge on any atom is -0.396 e. The van der Waals surface area contributed by atoms with Crippen LogP contribution in [-0.2, 0) is 0 Å². The second kappa shape index (κ2) is 5.84. The van der Waals surface area contributed by atoms with E-state index in [1.54, 1.807) is 19.1 Å². The molecule has 2 amide bonds. The summed E-state index contributed by atoms with van der Waals surface area (Å²) >= 11 is 0. The van der Waals surface area contributed by atoms with Gasteiger partial charge < -0.3 is 15.7 Å². The molecule has 0 fully saturated rings. The summed E-state index contributed by atoms with van der Waals surface area (Å²) in [5.41, 5.74) is 0.867. The number of nitrogens with one attached hydrogen (secondary N) is 2. The highest BCUT2D eigenvalue weighted by Gasteiger charge is 2.19. The van der Waals surface area contributed by atoms with Crippen molar-refractivity contribution >= 4 is 11.7 Å². The van der Waals surface area contributed by atoms with E-state index in [1.165, 1.54) is 6.07 Å². The molecule has 1 aromatic rings. The van der Waals surface area contributed by atoms with Crippen LogP contribution in [0.4, 0.5) is 14.9 Å². The first-order valence-corrected chi connectivity index (χ1v) is 6.22. The van der Waals surface area contributed by atoms with Gasteiger partial charge in [0.2, 0.25) is 0 Å². The van der Waals surface area contributed by atoms with E-state index in [2.05, 4.69) is 10.6 Å². The zero-order chi connectivity index (χ0) is 13.8. The molecule has 102 valence electrons. The third-order valence-corrected chi connectivity index (χ3v) is 3.24. The van der Waals surface area contributed by atoms with Crippen molar-refractivity contribution in [2.45, 2.75) is 19.4 Å². The Hall–Kier alpha value is -1.88. The summed E-state index contributed by atoms with van der Waals surface area (Å²) < 4.78 is 13.3. The first-order chi connectivity index (χ1) is 9.10. The molecule has 1 aromatic carbocycles. The molecule has 4 nitrogen and oxygen atoms in total. The quantitative estimate of drug-likeness (QED) is 0.733. The number of amides is 2. The van der Waals surface area contributed by atoms with E-state index in [1.807, 2.05) is 12.2 Å². The maximum absolute atomic E-state index is 13.3. The van der Waals surface area contributed by atoms with Crippen LogP contribution in [0.2, 0.25) is 0 Å². The smallest absolute Gasteiger partial charge is 0.319 e. The summed E-state index contributed by atoms with van der Waals surface area (Å²) in [4.78, 5) is 11.8. The second-order valence-electron chi connectivity index (χ2n) is 4.68. The van der Waals surface area contributed by atoms with E-state index in [0.29, 0.717) is 17.7 Å². The van der Waals surface area contributed by atoms with Gasteiger partial charge in [-0.25, -0.2) is 9.18 Å². The van der Waals surface area contributed by atoms with Crippen molar-refractivity contribution in [2.24, 2.45) is 5.92 Å². The number of benzene rings is 1. The van der Waals surface area contributed by atoms with Crippen LogP contribution < -0.4 is 10.6 Å². The lowest BCUT2D eigenvalue weighted by atomic mass is 10.1. The molecule has 5 heteroatoms. The number of aliphatic hydroxyl groups is 1. The Morgan fingerprint density at radius 2 is 2.26 bits per heavy atom. The van der Waals surface area contributed by atoms with Crippen molar-refractivity contribution in [3.63, 3.8) is 0 Å². The molecule has 2 rings (SSSR count). The molecule has 0 saturated carbocycles. The monoisotopic (exact) mass is 264 g/mol. The van der Waals surface area contributed by atoms with Gasteiger partial charge in [-0.3, -0.25) is 0 Å². The Morgan fingerprint density at radius 3 is 2.95 bits per heavy atom. The number of hydrogen-bond donors (Lipinski definition) is 3. The van der Waals surface area contributed by atoms with Crippen molar-refractivity contribution < 1.29 is 14.3 Å². The molecule has 0 saturated heterocycles. The van der Waals surface area contributed by atoms with E-state index < -0.39 is 0 Å². The van der Waals surface area contributed by atoms with Gasteiger partial charge in [-0.2, -0.15) is 0 Å². The predicted octanol–water partition coefficient (Wildman–Crippen LogP) is 2.19. The first-order valence-electron chi connectivity index (χ1n) is 6.22. The Balaban J connectivity index is 1.92. The summed E-state index contributed by atoms with van der Waals surface area (Å²) in [6.07, 6.45) is 4.43. The Morgan fingerprint density at radius 1 is 1.47 bits per heavy atom. The molecule has 1 aliphatic rings. The molecule has 0 aromatic heterocycles. The Bertz CT molecular complexity index is 502. The fourth-order valence-electron chi connectivity index (χ4n) is 2.09. The first kappa shape index (κ1) is 13.5. The highest BCUT2D eigenvalue weighted by Crippen LogP contribution is 2.19. The van der Waals surface area contributed by atoms with Crippen LogP contribution in [0.1, 0.15) is 12.0 Å². The van der Waals surface area contributed by atoms with Gasteiger partial charge in [0.05, 0.1) is 0 Å². The number of hydrogen-bond acceptors (Lipinski definition) is 2. The minimum atomic E-state index is -0.373. The number of anilines is 1. The molecule has 3 N–H and O–H groups in total. The summed E-state index contributed by atoms with van der Waals surface area (Å²) in [7, 11) is 0. The van der Waals surface area contributed by atoms with E-state index in [9.17, 15) is 9.18 Å². The van der Waals surface area contributed by atoms with Gasteiger partial charge in [0.1, 0.15) is 5.82 Å². The lowest BCUT2D eigenvalue weighted by Gasteiger charge is -2.14. The maximum Gasteiger partial charge on any atom is 0.319 e.